The van der Waals surface area contributed by atoms with E-state index in [0.717, 1.165) is 28.9 Å². The molecule has 1 aliphatic rings. The number of likely N-dealkylation sites (tertiary alicyclic amines) is 1. The van der Waals surface area contributed by atoms with Gasteiger partial charge in [-0.25, -0.2) is 0 Å². The number of aromatic nitrogens is 1. The number of β-amino-alcohol motifs (C(OH)–C–C–N with tert-alkyl or cyclic N) is 1. The van der Waals surface area contributed by atoms with Crippen molar-refractivity contribution in [3.8, 4) is 5.75 Å². The highest BCUT2D eigenvalue weighted by Crippen LogP contribution is 2.29. The maximum Gasteiger partial charge on any atom is 0.121 e. The lowest BCUT2D eigenvalue weighted by molar-refractivity contribution is -0.00234. The van der Waals surface area contributed by atoms with Crippen LogP contribution in [0.1, 0.15) is 33.6 Å². The Balaban J connectivity index is 1.72. The number of methoxy groups -OCH3 is 1. The molecule has 3 atom stereocenters. The summed E-state index contributed by atoms with van der Waals surface area (Å²) in [6.45, 7) is 8.67. The number of aliphatic hydroxyl groups is 1. The molecule has 0 unspecified atom stereocenters. The van der Waals surface area contributed by atoms with Gasteiger partial charge in [-0.2, -0.15) is 0 Å². The summed E-state index contributed by atoms with van der Waals surface area (Å²) in [6, 6.07) is 8.36. The lowest BCUT2D eigenvalue weighted by Crippen LogP contribution is -2.52. The Kier molecular flexibility index (Phi) is 5.68. The number of ether oxygens (including phenoxy) is 1. The molecule has 5 heteroatoms. The first-order valence-corrected chi connectivity index (χ1v) is 9.53. The van der Waals surface area contributed by atoms with E-state index in [4.69, 9.17) is 4.74 Å². The third kappa shape index (κ3) is 4.27. The molecule has 26 heavy (non-hydrogen) atoms. The number of anilines is 1. The fraction of sp³-hybridized carbons (Fsp3) is 0.571. The average molecular weight is 357 g/mol. The summed E-state index contributed by atoms with van der Waals surface area (Å²) in [5, 5.41) is 15.4. The number of fused-ring (bicyclic) bond motifs is 1. The van der Waals surface area contributed by atoms with E-state index in [9.17, 15) is 5.11 Å². The lowest BCUT2D eigenvalue weighted by Gasteiger charge is -2.41. The minimum Gasteiger partial charge on any atom is -0.497 e. The summed E-state index contributed by atoms with van der Waals surface area (Å²) in [4.78, 5) is 6.90. The first-order valence-electron chi connectivity index (χ1n) is 9.53. The second-order valence-corrected chi connectivity index (χ2v) is 7.93. The first kappa shape index (κ1) is 18.9. The van der Waals surface area contributed by atoms with Crippen LogP contribution in [0, 0.1) is 5.92 Å². The summed E-state index contributed by atoms with van der Waals surface area (Å²) in [6.07, 6.45) is 4.27. The van der Waals surface area contributed by atoms with Crippen molar-refractivity contribution < 1.29 is 9.84 Å². The van der Waals surface area contributed by atoms with Crippen molar-refractivity contribution in [1.82, 2.24) is 9.88 Å². The lowest BCUT2D eigenvalue weighted by atomic mass is 9.90. The number of nitrogens with one attached hydrogen (secondary N) is 1. The van der Waals surface area contributed by atoms with E-state index >= 15 is 0 Å². The van der Waals surface area contributed by atoms with Gasteiger partial charge in [0.15, 0.2) is 0 Å². The summed E-state index contributed by atoms with van der Waals surface area (Å²) in [7, 11) is 1.66. The second-order valence-electron chi connectivity index (χ2n) is 7.93. The van der Waals surface area contributed by atoms with E-state index in [-0.39, 0.29) is 0 Å². The molecule has 2 N–H and O–H groups in total. The van der Waals surface area contributed by atoms with Crippen LogP contribution < -0.4 is 10.1 Å². The number of hydrogen-bond acceptors (Lipinski definition) is 5. The molecule has 1 aliphatic heterocycles. The van der Waals surface area contributed by atoms with Crippen LogP contribution in [0.3, 0.4) is 0 Å². The Morgan fingerprint density at radius 3 is 2.96 bits per heavy atom. The van der Waals surface area contributed by atoms with Crippen LogP contribution in [0.5, 0.6) is 5.75 Å². The van der Waals surface area contributed by atoms with E-state index in [2.05, 4.69) is 29.0 Å². The predicted octanol–water partition coefficient (Wildman–Crippen LogP) is 3.53. The molecular weight excluding hydrogens is 326 g/mol. The molecule has 0 aliphatic carbocycles. The zero-order valence-corrected chi connectivity index (χ0v) is 16.3. The highest BCUT2D eigenvalue weighted by atomic mass is 16.5. The molecule has 0 spiro atoms. The molecule has 1 aromatic heterocycles. The van der Waals surface area contributed by atoms with Crippen molar-refractivity contribution in [1.29, 1.82) is 0 Å². The molecule has 0 radical (unpaired) electrons. The standard InChI is InChI=1S/C21H31N3O2/c1-15-7-6-10-24(16(15)2)14-21(3,25)13-23-19-12-18(26-4)11-17-8-5-9-22-20(17)19/h5,8-9,11-12,15-16,23,25H,6-7,10,13-14H2,1-4H3/t15-,16-,21-/m1/s1. The number of rotatable bonds is 6. The molecule has 2 aromatic rings. The number of piperidine rings is 1. The van der Waals surface area contributed by atoms with Gasteiger partial charge in [-0.15, -0.1) is 0 Å². The van der Waals surface area contributed by atoms with Crippen molar-refractivity contribution >= 4 is 16.6 Å². The minimum absolute atomic E-state index is 0.462. The van der Waals surface area contributed by atoms with Crippen LogP contribution >= 0.6 is 0 Å². The van der Waals surface area contributed by atoms with Gasteiger partial charge in [0.05, 0.1) is 23.9 Å². The number of nitrogens with zero attached hydrogens (tertiary/aromatic N) is 2. The molecular formula is C21H31N3O2. The molecule has 3 rings (SSSR count). The topological polar surface area (TPSA) is 57.6 Å². The largest absolute Gasteiger partial charge is 0.497 e. The van der Waals surface area contributed by atoms with Crippen molar-refractivity contribution in [2.24, 2.45) is 5.92 Å². The van der Waals surface area contributed by atoms with Crippen molar-refractivity contribution in [3.63, 3.8) is 0 Å². The number of hydrogen-bond donors (Lipinski definition) is 2. The Morgan fingerprint density at radius 1 is 1.38 bits per heavy atom. The van der Waals surface area contributed by atoms with E-state index in [1.807, 2.05) is 31.2 Å². The molecule has 1 aromatic carbocycles. The molecule has 1 saturated heterocycles. The van der Waals surface area contributed by atoms with Crippen molar-refractivity contribution in [2.75, 3.05) is 32.1 Å². The zero-order valence-electron chi connectivity index (χ0n) is 16.3. The summed E-state index contributed by atoms with van der Waals surface area (Å²) in [5.74, 6) is 1.46. The Morgan fingerprint density at radius 2 is 2.19 bits per heavy atom. The monoisotopic (exact) mass is 357 g/mol. The molecule has 1 fully saturated rings. The Bertz CT molecular complexity index is 747. The van der Waals surface area contributed by atoms with Crippen LogP contribution in [0.25, 0.3) is 10.9 Å². The third-order valence-corrected chi connectivity index (χ3v) is 5.62. The number of benzene rings is 1. The highest BCUT2D eigenvalue weighted by Gasteiger charge is 2.31. The molecule has 0 saturated carbocycles. The average Bonchev–Trinajstić information content (AvgIpc) is 2.63. The maximum absolute atomic E-state index is 11.0. The van der Waals surface area contributed by atoms with Gasteiger partial charge in [-0.05, 0) is 51.3 Å². The van der Waals surface area contributed by atoms with Crippen LogP contribution in [-0.4, -0.2) is 53.4 Å². The second kappa shape index (κ2) is 7.80. The Hall–Kier alpha value is -1.85. The van der Waals surface area contributed by atoms with Crippen LogP contribution in [0.15, 0.2) is 30.5 Å². The first-order chi connectivity index (χ1) is 12.4. The van der Waals surface area contributed by atoms with Crippen molar-refractivity contribution in [3.05, 3.63) is 30.5 Å². The SMILES string of the molecule is COc1cc(NC[C@@](C)(O)CN2CCC[C@@H](C)[C@H]2C)c2ncccc2c1. The van der Waals surface area contributed by atoms with Gasteiger partial charge < -0.3 is 15.2 Å². The predicted molar refractivity (Wildman–Crippen MR) is 107 cm³/mol. The maximum atomic E-state index is 11.0. The summed E-state index contributed by atoms with van der Waals surface area (Å²) in [5.41, 5.74) is 0.958. The summed E-state index contributed by atoms with van der Waals surface area (Å²) < 4.78 is 5.40. The Labute approximate surface area is 156 Å². The highest BCUT2D eigenvalue weighted by molar-refractivity contribution is 5.91. The third-order valence-electron chi connectivity index (χ3n) is 5.62. The molecule has 0 bridgehead atoms. The van der Waals surface area contributed by atoms with Gasteiger partial charge in [-0.3, -0.25) is 9.88 Å². The van der Waals surface area contributed by atoms with Gasteiger partial charge in [0.2, 0.25) is 0 Å². The van der Waals surface area contributed by atoms with E-state index < -0.39 is 5.60 Å². The van der Waals surface area contributed by atoms with Gasteiger partial charge in [-0.1, -0.05) is 13.0 Å². The molecule has 142 valence electrons. The van der Waals surface area contributed by atoms with Crippen molar-refractivity contribution in [2.45, 2.75) is 45.3 Å². The minimum atomic E-state index is -0.824. The summed E-state index contributed by atoms with van der Waals surface area (Å²) >= 11 is 0. The fourth-order valence-corrected chi connectivity index (χ4v) is 3.84. The molecule has 0 amide bonds. The molecule has 5 nitrogen and oxygen atoms in total. The fourth-order valence-electron chi connectivity index (χ4n) is 3.84. The van der Waals surface area contributed by atoms with Gasteiger partial charge in [0, 0.05) is 36.8 Å². The normalized spacial score (nSPS) is 23.6. The quantitative estimate of drug-likeness (QED) is 0.828. The van der Waals surface area contributed by atoms with Gasteiger partial charge >= 0.3 is 0 Å². The van der Waals surface area contributed by atoms with Crippen LogP contribution in [0.2, 0.25) is 0 Å². The van der Waals surface area contributed by atoms with Gasteiger partial charge in [0.1, 0.15) is 5.75 Å². The van der Waals surface area contributed by atoms with E-state index in [1.165, 1.54) is 12.8 Å². The van der Waals surface area contributed by atoms with Gasteiger partial charge in [0.25, 0.3) is 0 Å². The number of pyridine rings is 1. The molecule has 2 heterocycles. The van der Waals surface area contributed by atoms with E-state index in [1.54, 1.807) is 13.3 Å². The smallest absolute Gasteiger partial charge is 0.121 e. The van der Waals surface area contributed by atoms with Crippen LogP contribution in [0.4, 0.5) is 5.69 Å². The zero-order chi connectivity index (χ0) is 18.7. The van der Waals surface area contributed by atoms with E-state index in [0.29, 0.717) is 25.0 Å². The van der Waals surface area contributed by atoms with Crippen LogP contribution in [-0.2, 0) is 0 Å².